The highest BCUT2D eigenvalue weighted by Crippen LogP contribution is 2.19. The third-order valence-electron chi connectivity index (χ3n) is 4.64. The molecule has 0 spiro atoms. The van der Waals surface area contributed by atoms with Gasteiger partial charge < -0.3 is 10.2 Å². The van der Waals surface area contributed by atoms with E-state index in [-0.39, 0.29) is 12.4 Å². The fraction of sp³-hybridized carbons (Fsp3) is 0.556. The van der Waals surface area contributed by atoms with Gasteiger partial charge in [-0.05, 0) is 31.4 Å². The molecule has 0 unspecified atom stereocenters. The molecular formula is C18H27Cl2N5. The summed E-state index contributed by atoms with van der Waals surface area (Å²) in [7, 11) is 1.87. The van der Waals surface area contributed by atoms with Gasteiger partial charge in [0.05, 0.1) is 5.69 Å². The number of nitrogens with one attached hydrogen (secondary N) is 1. The molecule has 138 valence electrons. The van der Waals surface area contributed by atoms with Gasteiger partial charge in [0, 0.05) is 45.0 Å². The van der Waals surface area contributed by atoms with Crippen LogP contribution in [0.3, 0.4) is 0 Å². The first-order valence-electron chi connectivity index (χ1n) is 8.73. The molecule has 0 saturated carbocycles. The maximum absolute atomic E-state index is 6.26. The second-order valence-electron chi connectivity index (χ2n) is 6.51. The van der Waals surface area contributed by atoms with E-state index >= 15 is 0 Å². The predicted molar refractivity (Wildman–Crippen MR) is 106 cm³/mol. The first kappa shape index (κ1) is 20.0. The molecular weight excluding hydrogens is 357 g/mol. The van der Waals surface area contributed by atoms with Crippen molar-refractivity contribution in [1.82, 2.24) is 20.1 Å². The van der Waals surface area contributed by atoms with E-state index in [4.69, 9.17) is 11.6 Å². The lowest BCUT2D eigenvalue weighted by atomic mass is 10.2. The van der Waals surface area contributed by atoms with Crippen molar-refractivity contribution in [2.24, 2.45) is 7.05 Å². The minimum Gasteiger partial charge on any atom is -0.357 e. The quantitative estimate of drug-likeness (QED) is 0.850. The maximum atomic E-state index is 6.26. The first-order valence-corrected chi connectivity index (χ1v) is 9.11. The molecule has 1 saturated heterocycles. The second-order valence-corrected chi connectivity index (χ2v) is 6.87. The largest absolute Gasteiger partial charge is 0.357 e. The maximum Gasteiger partial charge on any atom is 0.131 e. The van der Waals surface area contributed by atoms with Crippen molar-refractivity contribution in [1.29, 1.82) is 0 Å². The van der Waals surface area contributed by atoms with E-state index in [0.29, 0.717) is 11.7 Å². The van der Waals surface area contributed by atoms with E-state index < -0.39 is 0 Å². The van der Waals surface area contributed by atoms with Crippen molar-refractivity contribution in [2.45, 2.75) is 45.7 Å². The normalized spacial score (nSPS) is 14.9. The zero-order chi connectivity index (χ0) is 16.9. The molecule has 0 atom stereocenters. The molecule has 1 aliphatic heterocycles. The van der Waals surface area contributed by atoms with Crippen molar-refractivity contribution in [3.05, 3.63) is 40.3 Å². The Balaban J connectivity index is 0.00000225. The summed E-state index contributed by atoms with van der Waals surface area (Å²) in [6.45, 7) is 5.73. The number of hydrogen-bond acceptors (Lipinski definition) is 4. The summed E-state index contributed by atoms with van der Waals surface area (Å²) in [6.07, 6.45) is 7.21. The van der Waals surface area contributed by atoms with E-state index in [9.17, 15) is 0 Å². The molecule has 25 heavy (non-hydrogen) atoms. The number of aryl methyl sites for hydroxylation is 2. The highest BCUT2D eigenvalue weighted by Gasteiger charge is 2.12. The van der Waals surface area contributed by atoms with Crippen LogP contribution in [0, 0.1) is 6.92 Å². The molecule has 0 radical (unpaired) electrons. The van der Waals surface area contributed by atoms with Crippen LogP contribution in [-0.4, -0.2) is 27.9 Å². The van der Waals surface area contributed by atoms with E-state index in [1.807, 2.05) is 20.2 Å². The fourth-order valence-electron chi connectivity index (χ4n) is 3.21. The van der Waals surface area contributed by atoms with Crippen molar-refractivity contribution in [3.8, 4) is 0 Å². The summed E-state index contributed by atoms with van der Waals surface area (Å²) in [6, 6.07) is 4.31. The smallest absolute Gasteiger partial charge is 0.131 e. The molecule has 7 heteroatoms. The van der Waals surface area contributed by atoms with E-state index in [0.717, 1.165) is 36.7 Å². The summed E-state index contributed by atoms with van der Waals surface area (Å²) in [5.41, 5.74) is 3.23. The Bertz CT molecular complexity index is 661. The number of anilines is 1. The average Bonchev–Trinajstić information content (AvgIpc) is 2.80. The fourth-order valence-corrected chi connectivity index (χ4v) is 3.46. The van der Waals surface area contributed by atoms with Crippen molar-refractivity contribution >= 4 is 29.8 Å². The number of rotatable bonds is 5. The van der Waals surface area contributed by atoms with E-state index in [1.54, 1.807) is 4.68 Å². The molecule has 2 aromatic heterocycles. The lowest BCUT2D eigenvalue weighted by Crippen LogP contribution is -2.24. The minimum absolute atomic E-state index is 0. The molecule has 0 aromatic carbocycles. The van der Waals surface area contributed by atoms with Crippen LogP contribution in [0.4, 0.5) is 5.82 Å². The Hall–Kier alpha value is -1.30. The van der Waals surface area contributed by atoms with Crippen LogP contribution in [0.1, 0.15) is 42.5 Å². The van der Waals surface area contributed by atoms with Crippen LogP contribution in [0.5, 0.6) is 0 Å². The van der Waals surface area contributed by atoms with Crippen LogP contribution >= 0.6 is 24.0 Å². The molecule has 5 nitrogen and oxygen atoms in total. The van der Waals surface area contributed by atoms with Crippen LogP contribution in [0.2, 0.25) is 5.15 Å². The highest BCUT2D eigenvalue weighted by atomic mass is 35.5. The van der Waals surface area contributed by atoms with E-state index in [1.165, 1.54) is 31.2 Å². The van der Waals surface area contributed by atoms with Gasteiger partial charge >= 0.3 is 0 Å². The predicted octanol–water partition coefficient (Wildman–Crippen LogP) is 3.87. The molecule has 1 N–H and O–H groups in total. The Morgan fingerprint density at radius 1 is 1.12 bits per heavy atom. The monoisotopic (exact) mass is 383 g/mol. The van der Waals surface area contributed by atoms with Crippen molar-refractivity contribution in [3.63, 3.8) is 0 Å². The average molecular weight is 384 g/mol. The third-order valence-corrected chi connectivity index (χ3v) is 5.11. The number of pyridine rings is 1. The number of nitrogens with zero attached hydrogens (tertiary/aromatic N) is 4. The molecule has 0 amide bonds. The summed E-state index contributed by atoms with van der Waals surface area (Å²) >= 11 is 6.26. The Kier molecular flexibility index (Phi) is 7.54. The summed E-state index contributed by atoms with van der Waals surface area (Å²) in [5.74, 6) is 1.10. The lowest BCUT2D eigenvalue weighted by Gasteiger charge is -2.21. The molecule has 1 fully saturated rings. The second kappa shape index (κ2) is 9.41. The minimum atomic E-state index is 0. The standard InChI is InChI=1S/C18H26ClN5.ClH/c1-14-16(18(19)23(2)22-14)13-20-11-15-7-8-17(21-12-15)24-9-5-3-4-6-10-24;/h7-8,12,20H,3-6,9-11,13H2,1-2H3;1H. The molecule has 3 rings (SSSR count). The first-order chi connectivity index (χ1) is 11.6. The van der Waals surface area contributed by atoms with Crippen LogP contribution in [0.15, 0.2) is 18.3 Å². The number of aromatic nitrogens is 3. The van der Waals surface area contributed by atoms with Gasteiger partial charge in [-0.1, -0.05) is 30.5 Å². The van der Waals surface area contributed by atoms with E-state index in [2.05, 4.69) is 32.4 Å². The molecule has 0 aliphatic carbocycles. The van der Waals surface area contributed by atoms with Crippen LogP contribution < -0.4 is 10.2 Å². The zero-order valence-corrected chi connectivity index (χ0v) is 16.5. The lowest BCUT2D eigenvalue weighted by molar-refractivity contribution is 0.687. The van der Waals surface area contributed by atoms with Crippen molar-refractivity contribution in [2.75, 3.05) is 18.0 Å². The Labute approximate surface area is 161 Å². The van der Waals surface area contributed by atoms with Gasteiger partial charge in [-0.25, -0.2) is 4.98 Å². The Morgan fingerprint density at radius 2 is 1.84 bits per heavy atom. The molecule has 3 heterocycles. The zero-order valence-electron chi connectivity index (χ0n) is 15.0. The summed E-state index contributed by atoms with van der Waals surface area (Å²) in [5, 5.41) is 8.47. The third kappa shape index (κ3) is 5.09. The van der Waals surface area contributed by atoms with Gasteiger partial charge in [0.2, 0.25) is 0 Å². The van der Waals surface area contributed by atoms with Gasteiger partial charge in [-0.2, -0.15) is 5.10 Å². The van der Waals surface area contributed by atoms with Gasteiger partial charge in [-0.15, -0.1) is 12.4 Å². The van der Waals surface area contributed by atoms with Gasteiger partial charge in [0.1, 0.15) is 11.0 Å². The topological polar surface area (TPSA) is 46.0 Å². The SMILES string of the molecule is Cc1nn(C)c(Cl)c1CNCc1ccc(N2CCCCCC2)nc1.Cl. The summed E-state index contributed by atoms with van der Waals surface area (Å²) in [4.78, 5) is 7.06. The van der Waals surface area contributed by atoms with Crippen LogP contribution in [0.25, 0.3) is 0 Å². The van der Waals surface area contributed by atoms with Crippen LogP contribution in [-0.2, 0) is 20.1 Å². The number of hydrogen-bond donors (Lipinski definition) is 1. The molecule has 1 aliphatic rings. The molecule has 2 aromatic rings. The van der Waals surface area contributed by atoms with Gasteiger partial charge in [-0.3, -0.25) is 4.68 Å². The summed E-state index contributed by atoms with van der Waals surface area (Å²) < 4.78 is 1.71. The highest BCUT2D eigenvalue weighted by molar-refractivity contribution is 6.30. The van der Waals surface area contributed by atoms with Gasteiger partial charge in [0.25, 0.3) is 0 Å². The van der Waals surface area contributed by atoms with Gasteiger partial charge in [0.15, 0.2) is 0 Å². The molecule has 0 bridgehead atoms. The number of halogens is 2. The van der Waals surface area contributed by atoms with Crippen molar-refractivity contribution < 1.29 is 0 Å². The Morgan fingerprint density at radius 3 is 2.40 bits per heavy atom.